The maximum Gasteiger partial charge on any atom is 0.311 e. The summed E-state index contributed by atoms with van der Waals surface area (Å²) in [7, 11) is -0.0615. The van der Waals surface area contributed by atoms with Crippen LogP contribution in [0.5, 0.6) is 0 Å². The van der Waals surface area contributed by atoms with Crippen molar-refractivity contribution in [2.24, 2.45) is 5.92 Å². The molecular formula is C9H18O3Si. The molecule has 1 fully saturated rings. The Morgan fingerprint density at radius 3 is 2.23 bits per heavy atom. The number of esters is 1. The third-order valence-electron chi connectivity index (χ3n) is 2.22. The van der Waals surface area contributed by atoms with Crippen LogP contribution in [0.15, 0.2) is 0 Å². The second kappa shape index (κ2) is 3.80. The van der Waals surface area contributed by atoms with Crippen LogP contribution < -0.4 is 0 Å². The minimum atomic E-state index is -1.50. The van der Waals surface area contributed by atoms with Crippen LogP contribution in [0.3, 0.4) is 0 Å². The summed E-state index contributed by atoms with van der Waals surface area (Å²) < 4.78 is 10.5. The van der Waals surface area contributed by atoms with Crippen molar-refractivity contribution in [1.82, 2.24) is 0 Å². The Balaban J connectivity index is 2.41. The van der Waals surface area contributed by atoms with Crippen LogP contribution in [0.1, 0.15) is 12.8 Å². The monoisotopic (exact) mass is 202 g/mol. The fourth-order valence-electron chi connectivity index (χ4n) is 1.49. The third-order valence-corrected chi connectivity index (χ3v) is 3.23. The number of methoxy groups -OCH3 is 1. The van der Waals surface area contributed by atoms with Crippen molar-refractivity contribution in [3.05, 3.63) is 0 Å². The Labute approximate surface area is 80.5 Å². The molecule has 0 saturated heterocycles. The van der Waals surface area contributed by atoms with Crippen molar-refractivity contribution in [2.45, 2.75) is 38.6 Å². The summed E-state index contributed by atoms with van der Waals surface area (Å²) in [4.78, 5) is 11.2. The second-order valence-corrected chi connectivity index (χ2v) is 8.94. The van der Waals surface area contributed by atoms with Crippen molar-refractivity contribution in [2.75, 3.05) is 7.11 Å². The van der Waals surface area contributed by atoms with Crippen molar-refractivity contribution >= 4 is 14.3 Å². The van der Waals surface area contributed by atoms with Gasteiger partial charge in [-0.3, -0.25) is 4.79 Å². The maximum absolute atomic E-state index is 11.2. The lowest BCUT2D eigenvalue weighted by molar-refractivity contribution is -0.154. The molecule has 76 valence electrons. The SMILES string of the molecule is COC(=O)[C@H]1CC[C@@H]1O[Si](C)(C)C. The van der Waals surface area contributed by atoms with Crippen molar-refractivity contribution in [3.63, 3.8) is 0 Å². The quantitative estimate of drug-likeness (QED) is 0.517. The number of hydrogen-bond donors (Lipinski definition) is 0. The predicted molar refractivity (Wildman–Crippen MR) is 53.0 cm³/mol. The van der Waals surface area contributed by atoms with Crippen LogP contribution in [-0.2, 0) is 14.0 Å². The van der Waals surface area contributed by atoms with Crippen LogP contribution in [0.2, 0.25) is 19.6 Å². The lowest BCUT2D eigenvalue weighted by Crippen LogP contribution is -2.45. The van der Waals surface area contributed by atoms with E-state index in [1.54, 1.807) is 0 Å². The van der Waals surface area contributed by atoms with Gasteiger partial charge in [0.1, 0.15) is 0 Å². The maximum atomic E-state index is 11.2. The van der Waals surface area contributed by atoms with Gasteiger partial charge in [-0.2, -0.15) is 0 Å². The van der Waals surface area contributed by atoms with Gasteiger partial charge in [-0.1, -0.05) is 0 Å². The number of carbonyl (C=O) groups excluding carboxylic acids is 1. The Bertz CT molecular complexity index is 198. The normalized spacial score (nSPS) is 28.0. The summed E-state index contributed by atoms with van der Waals surface area (Å²) in [5.41, 5.74) is 0. The molecule has 0 unspecified atom stereocenters. The van der Waals surface area contributed by atoms with Crippen LogP contribution in [0.4, 0.5) is 0 Å². The summed E-state index contributed by atoms with van der Waals surface area (Å²) in [5.74, 6) is -0.119. The minimum absolute atomic E-state index is 0.00303. The zero-order chi connectivity index (χ0) is 10.1. The van der Waals surface area contributed by atoms with Crippen molar-refractivity contribution in [3.8, 4) is 0 Å². The van der Waals surface area contributed by atoms with Crippen LogP contribution in [-0.4, -0.2) is 27.5 Å². The first-order valence-electron chi connectivity index (χ1n) is 4.69. The van der Waals surface area contributed by atoms with E-state index < -0.39 is 8.32 Å². The summed E-state index contributed by atoms with van der Waals surface area (Å²) in [6, 6.07) is 0. The highest BCUT2D eigenvalue weighted by Gasteiger charge is 2.40. The Morgan fingerprint density at radius 2 is 1.92 bits per heavy atom. The largest absolute Gasteiger partial charge is 0.469 e. The van der Waals surface area contributed by atoms with Crippen LogP contribution in [0.25, 0.3) is 0 Å². The summed E-state index contributed by atoms with van der Waals surface area (Å²) in [5, 5.41) is 0. The number of carbonyl (C=O) groups is 1. The minimum Gasteiger partial charge on any atom is -0.469 e. The summed E-state index contributed by atoms with van der Waals surface area (Å²) >= 11 is 0. The fourth-order valence-corrected chi connectivity index (χ4v) is 2.68. The van der Waals surface area contributed by atoms with Crippen molar-refractivity contribution < 1.29 is 14.0 Å². The molecule has 0 aromatic heterocycles. The molecule has 0 aromatic carbocycles. The number of hydrogen-bond acceptors (Lipinski definition) is 3. The lowest BCUT2D eigenvalue weighted by Gasteiger charge is -2.38. The van der Waals surface area contributed by atoms with Crippen LogP contribution >= 0.6 is 0 Å². The Hall–Kier alpha value is -0.353. The highest BCUT2D eigenvalue weighted by atomic mass is 28.4. The first-order valence-corrected chi connectivity index (χ1v) is 8.10. The van der Waals surface area contributed by atoms with Gasteiger partial charge >= 0.3 is 5.97 Å². The van der Waals surface area contributed by atoms with E-state index in [4.69, 9.17) is 9.16 Å². The van der Waals surface area contributed by atoms with E-state index >= 15 is 0 Å². The van der Waals surface area contributed by atoms with E-state index in [2.05, 4.69) is 19.6 Å². The topological polar surface area (TPSA) is 35.5 Å². The molecule has 0 aromatic rings. The zero-order valence-electron chi connectivity index (χ0n) is 8.79. The molecule has 0 N–H and O–H groups in total. The standard InChI is InChI=1S/C9H18O3Si/c1-11-9(10)7-5-6-8(7)12-13(2,3)4/h7-8H,5-6H2,1-4H3/t7-,8-/m0/s1. The average molecular weight is 202 g/mol. The van der Waals surface area contributed by atoms with E-state index in [9.17, 15) is 4.79 Å². The highest BCUT2D eigenvalue weighted by Crippen LogP contribution is 2.33. The molecule has 13 heavy (non-hydrogen) atoms. The molecule has 0 amide bonds. The summed E-state index contributed by atoms with van der Waals surface area (Å²) in [6.45, 7) is 6.42. The summed E-state index contributed by atoms with van der Waals surface area (Å²) in [6.07, 6.45) is 2.05. The Kier molecular flexibility index (Phi) is 3.13. The predicted octanol–water partition coefficient (Wildman–Crippen LogP) is 1.79. The number of ether oxygens (including phenoxy) is 1. The molecule has 1 saturated carbocycles. The van der Waals surface area contributed by atoms with Gasteiger partial charge in [0.25, 0.3) is 0 Å². The van der Waals surface area contributed by atoms with Gasteiger partial charge in [0, 0.05) is 0 Å². The van der Waals surface area contributed by atoms with Gasteiger partial charge in [-0.25, -0.2) is 0 Å². The first-order chi connectivity index (χ1) is 5.94. The molecule has 0 bridgehead atoms. The smallest absolute Gasteiger partial charge is 0.311 e. The second-order valence-electron chi connectivity index (χ2n) is 4.48. The molecule has 3 nitrogen and oxygen atoms in total. The molecule has 1 rings (SSSR count). The van der Waals surface area contributed by atoms with E-state index in [-0.39, 0.29) is 18.0 Å². The van der Waals surface area contributed by atoms with Gasteiger partial charge in [0.05, 0.1) is 19.1 Å². The molecule has 0 spiro atoms. The fraction of sp³-hybridized carbons (Fsp3) is 0.889. The van der Waals surface area contributed by atoms with E-state index in [1.165, 1.54) is 7.11 Å². The molecular weight excluding hydrogens is 184 g/mol. The Morgan fingerprint density at radius 1 is 1.31 bits per heavy atom. The number of rotatable bonds is 3. The molecule has 4 heteroatoms. The van der Waals surface area contributed by atoms with Gasteiger partial charge in [0.15, 0.2) is 8.32 Å². The molecule has 0 heterocycles. The van der Waals surface area contributed by atoms with Gasteiger partial charge in [0.2, 0.25) is 0 Å². The van der Waals surface area contributed by atoms with Crippen LogP contribution in [0, 0.1) is 5.92 Å². The van der Waals surface area contributed by atoms with E-state index in [0.717, 1.165) is 12.8 Å². The molecule has 0 radical (unpaired) electrons. The van der Waals surface area contributed by atoms with Gasteiger partial charge < -0.3 is 9.16 Å². The average Bonchev–Trinajstić information content (AvgIpc) is 1.96. The van der Waals surface area contributed by atoms with E-state index in [0.29, 0.717) is 0 Å². The zero-order valence-corrected chi connectivity index (χ0v) is 9.79. The molecule has 0 aliphatic heterocycles. The van der Waals surface area contributed by atoms with Gasteiger partial charge in [-0.15, -0.1) is 0 Å². The molecule has 2 atom stereocenters. The third kappa shape index (κ3) is 2.81. The molecule has 1 aliphatic carbocycles. The highest BCUT2D eigenvalue weighted by molar-refractivity contribution is 6.69. The van der Waals surface area contributed by atoms with Gasteiger partial charge in [-0.05, 0) is 32.5 Å². The van der Waals surface area contributed by atoms with E-state index in [1.807, 2.05) is 0 Å². The van der Waals surface area contributed by atoms with Crippen molar-refractivity contribution in [1.29, 1.82) is 0 Å². The lowest BCUT2D eigenvalue weighted by atomic mass is 9.82. The first kappa shape index (κ1) is 10.7. The molecule has 1 aliphatic rings.